The molecule has 0 spiro atoms. The summed E-state index contributed by atoms with van der Waals surface area (Å²) in [6.45, 7) is 5.14. The van der Waals surface area contributed by atoms with Crippen molar-refractivity contribution in [3.8, 4) is 11.8 Å². The summed E-state index contributed by atoms with van der Waals surface area (Å²) in [5.41, 5.74) is 9.65. The topological polar surface area (TPSA) is 132 Å². The average molecular weight is 754 g/mol. The van der Waals surface area contributed by atoms with Crippen LogP contribution in [0, 0.1) is 34.0 Å². The molecule has 204 valence electrons. The third-order valence-corrected chi connectivity index (χ3v) is 8.47. The lowest BCUT2D eigenvalue weighted by atomic mass is 9.68. The van der Waals surface area contributed by atoms with E-state index < -0.39 is 10.8 Å². The highest BCUT2D eigenvalue weighted by Gasteiger charge is 2.44. The molecule has 1 heterocycles. The molecule has 0 radical (unpaired) electrons. The van der Waals surface area contributed by atoms with Gasteiger partial charge in [-0.2, -0.15) is 5.26 Å². The predicted octanol–water partition coefficient (Wildman–Crippen LogP) is 5.77. The number of benzene rings is 2. The number of allylic oxidation sites excluding steroid dienone is 3. The van der Waals surface area contributed by atoms with Gasteiger partial charge in [-0.05, 0) is 80.3 Å². The first kappa shape index (κ1) is 29.3. The number of halogens is 2. The third kappa shape index (κ3) is 6.07. The number of nitrogens with zero attached hydrogens (tertiary/aromatic N) is 3. The van der Waals surface area contributed by atoms with E-state index in [-0.39, 0.29) is 23.5 Å². The monoisotopic (exact) mass is 754 g/mol. The molecule has 2 aromatic rings. The number of nitriles is 1. The maximum absolute atomic E-state index is 13.6. The van der Waals surface area contributed by atoms with Crippen LogP contribution >= 0.6 is 45.2 Å². The quantitative estimate of drug-likeness (QED) is 0.205. The second-order valence-corrected chi connectivity index (χ2v) is 12.6. The third-order valence-electron chi connectivity index (χ3n) is 6.86. The van der Waals surface area contributed by atoms with Crippen LogP contribution in [0.25, 0.3) is 0 Å². The molecule has 0 saturated heterocycles. The van der Waals surface area contributed by atoms with E-state index in [0.717, 1.165) is 18.4 Å². The van der Waals surface area contributed by atoms with Gasteiger partial charge in [0.25, 0.3) is 5.69 Å². The Labute approximate surface area is 254 Å². The van der Waals surface area contributed by atoms with Gasteiger partial charge in [-0.3, -0.25) is 14.9 Å². The largest absolute Gasteiger partial charge is 0.487 e. The molecule has 0 saturated carbocycles. The predicted molar refractivity (Wildman–Crippen MR) is 163 cm³/mol. The molecule has 1 atom stereocenters. The van der Waals surface area contributed by atoms with Crippen molar-refractivity contribution in [2.45, 2.75) is 39.2 Å². The Morgan fingerprint density at radius 2 is 1.92 bits per heavy atom. The van der Waals surface area contributed by atoms with Crippen molar-refractivity contribution in [3.63, 3.8) is 0 Å². The number of rotatable bonds is 8. The number of nitrogens with two attached hydrogens (primary N) is 1. The van der Waals surface area contributed by atoms with E-state index in [1.807, 2.05) is 17.0 Å². The second kappa shape index (κ2) is 11.8. The number of Topliss-reactive ketones (excluding diaryl/α,β-unsaturated/α-hetero) is 1. The van der Waals surface area contributed by atoms with Crippen molar-refractivity contribution in [3.05, 3.63) is 87.4 Å². The van der Waals surface area contributed by atoms with E-state index in [0.29, 0.717) is 54.3 Å². The lowest BCUT2D eigenvalue weighted by Gasteiger charge is -2.43. The number of hydrogen-bond acceptors (Lipinski definition) is 8. The lowest BCUT2D eigenvalue weighted by Crippen LogP contribution is -2.43. The number of ketones is 1. The molecule has 1 aliphatic heterocycles. The minimum Gasteiger partial charge on any atom is -0.487 e. The van der Waals surface area contributed by atoms with Gasteiger partial charge in [0.05, 0.1) is 36.2 Å². The zero-order valence-electron chi connectivity index (χ0n) is 21.8. The van der Waals surface area contributed by atoms with Crippen LogP contribution in [0.15, 0.2) is 59.1 Å². The van der Waals surface area contributed by atoms with Crippen LogP contribution in [0.2, 0.25) is 0 Å². The molecule has 0 fully saturated rings. The van der Waals surface area contributed by atoms with E-state index in [2.05, 4.69) is 65.1 Å². The van der Waals surface area contributed by atoms with Crippen LogP contribution in [-0.2, 0) is 16.1 Å². The fourth-order valence-electron chi connectivity index (χ4n) is 5.15. The number of nitro benzene ring substituents is 1. The highest BCUT2D eigenvalue weighted by Crippen LogP contribution is 2.49. The van der Waals surface area contributed by atoms with E-state index >= 15 is 0 Å². The van der Waals surface area contributed by atoms with Gasteiger partial charge in [-0.15, -0.1) is 0 Å². The summed E-state index contributed by atoms with van der Waals surface area (Å²) in [5.74, 6) is 0.412. The van der Waals surface area contributed by atoms with Gasteiger partial charge < -0.3 is 20.1 Å². The van der Waals surface area contributed by atoms with Gasteiger partial charge in [-0.1, -0.05) is 26.0 Å². The fourth-order valence-corrected chi connectivity index (χ4v) is 7.27. The molecule has 0 aromatic heterocycles. The molecule has 11 heteroatoms. The van der Waals surface area contributed by atoms with Crippen LogP contribution in [0.1, 0.15) is 43.7 Å². The summed E-state index contributed by atoms with van der Waals surface area (Å²) in [4.78, 5) is 26.2. The molecule has 39 heavy (non-hydrogen) atoms. The fraction of sp³-hybridized carbons (Fsp3) is 0.357. The summed E-state index contributed by atoms with van der Waals surface area (Å²) in [6.07, 6.45) is 1.05. The Bertz CT molecular complexity index is 1420. The smallest absolute Gasteiger partial charge is 0.269 e. The molecule has 4 rings (SSSR count). The molecular weight excluding hydrogens is 726 g/mol. The molecule has 0 amide bonds. The summed E-state index contributed by atoms with van der Waals surface area (Å²) >= 11 is 4.35. The van der Waals surface area contributed by atoms with Gasteiger partial charge >= 0.3 is 0 Å². The van der Waals surface area contributed by atoms with Gasteiger partial charge in [0.15, 0.2) is 5.78 Å². The van der Waals surface area contributed by atoms with E-state index in [1.54, 1.807) is 19.2 Å². The average Bonchev–Trinajstić information content (AvgIpc) is 2.86. The zero-order valence-corrected chi connectivity index (χ0v) is 26.1. The molecular formula is C28H28I2N4O5. The molecule has 0 bridgehead atoms. The first-order valence-electron chi connectivity index (χ1n) is 12.2. The number of methoxy groups -OCH3 is 1. The van der Waals surface area contributed by atoms with Gasteiger partial charge in [0.1, 0.15) is 18.2 Å². The summed E-state index contributed by atoms with van der Waals surface area (Å²) in [6, 6.07) is 12.5. The van der Waals surface area contributed by atoms with E-state index in [4.69, 9.17) is 15.2 Å². The normalized spacial score (nSPS) is 18.6. The van der Waals surface area contributed by atoms with Crippen molar-refractivity contribution in [1.29, 1.82) is 5.26 Å². The minimum atomic E-state index is -0.583. The Morgan fingerprint density at radius 3 is 2.54 bits per heavy atom. The van der Waals surface area contributed by atoms with Crippen LogP contribution < -0.4 is 10.5 Å². The van der Waals surface area contributed by atoms with Crippen LogP contribution in [0.5, 0.6) is 5.75 Å². The highest BCUT2D eigenvalue weighted by atomic mass is 127. The Kier molecular flexibility index (Phi) is 8.87. The number of nitro groups is 1. The van der Waals surface area contributed by atoms with Gasteiger partial charge in [-0.25, -0.2) is 0 Å². The molecule has 1 aliphatic carbocycles. The summed E-state index contributed by atoms with van der Waals surface area (Å²) < 4.78 is 13.0. The van der Waals surface area contributed by atoms with Crippen molar-refractivity contribution >= 4 is 56.7 Å². The first-order chi connectivity index (χ1) is 18.5. The second-order valence-electron chi connectivity index (χ2n) is 10.3. The van der Waals surface area contributed by atoms with Crippen LogP contribution in [-0.4, -0.2) is 35.9 Å². The Balaban J connectivity index is 1.74. The number of hydrogen-bond donors (Lipinski definition) is 1. The first-order valence-corrected chi connectivity index (χ1v) is 14.4. The SMILES string of the molecule is COCCN1C(N)=C(C#N)[C@@H](c2cc(I)c(OCc3cccc([N+](=O)[O-])c3)c(I)c2)C2=C1CC(C)(C)CC2=O. The molecule has 2 aliphatic rings. The van der Waals surface area contributed by atoms with Crippen molar-refractivity contribution in [1.82, 2.24) is 4.90 Å². The molecule has 2 aromatic carbocycles. The van der Waals surface area contributed by atoms with E-state index in [9.17, 15) is 20.2 Å². The number of carbonyl (C=O) groups is 1. The van der Waals surface area contributed by atoms with Crippen LogP contribution in [0.3, 0.4) is 0 Å². The standard InChI is InChI=1S/C28H28I2N4O5/c1-28(2)12-22-25(23(35)13-28)24(19(14-31)27(32)33(22)7-8-38-3)17-10-20(29)26(21(30)11-17)39-15-16-5-4-6-18(9-16)34(36)37/h4-6,9-11,24H,7-8,12-13,15,32H2,1-3H3/t24-/m1/s1. The van der Waals surface area contributed by atoms with Gasteiger partial charge in [0.2, 0.25) is 0 Å². The Hall–Kier alpha value is -2.70. The lowest BCUT2D eigenvalue weighted by molar-refractivity contribution is -0.384. The Morgan fingerprint density at radius 1 is 1.23 bits per heavy atom. The number of ether oxygens (including phenoxy) is 2. The number of non-ortho nitro benzene ring substituents is 1. The zero-order chi connectivity index (χ0) is 28.5. The minimum absolute atomic E-state index is 0.00509. The molecule has 2 N–H and O–H groups in total. The molecule has 0 unspecified atom stereocenters. The maximum atomic E-state index is 13.6. The number of carbonyl (C=O) groups excluding carboxylic acids is 1. The van der Waals surface area contributed by atoms with Crippen molar-refractivity contribution < 1.29 is 19.2 Å². The van der Waals surface area contributed by atoms with Crippen molar-refractivity contribution in [2.75, 3.05) is 20.3 Å². The van der Waals surface area contributed by atoms with Crippen LogP contribution in [0.4, 0.5) is 5.69 Å². The summed E-state index contributed by atoms with van der Waals surface area (Å²) in [5, 5.41) is 21.3. The maximum Gasteiger partial charge on any atom is 0.269 e. The summed E-state index contributed by atoms with van der Waals surface area (Å²) in [7, 11) is 1.61. The van der Waals surface area contributed by atoms with Gasteiger partial charge in [0, 0.05) is 43.5 Å². The van der Waals surface area contributed by atoms with E-state index in [1.165, 1.54) is 12.1 Å². The van der Waals surface area contributed by atoms with Crippen molar-refractivity contribution in [2.24, 2.45) is 11.1 Å². The molecule has 9 nitrogen and oxygen atoms in total. The highest BCUT2D eigenvalue weighted by molar-refractivity contribution is 14.1.